The van der Waals surface area contributed by atoms with Crippen molar-refractivity contribution < 1.29 is 4.74 Å². The zero-order valence-electron chi connectivity index (χ0n) is 11.7. The van der Waals surface area contributed by atoms with Crippen LogP contribution in [-0.2, 0) is 11.3 Å². The standard InChI is InChI=1S/C15H24N2O/c1-11-4-5-14(13(3)12(11)2)8-17-10-15-9-16-6-7-18-15/h4-5,15-17H,6-10H2,1-3H3. The molecule has 1 heterocycles. The van der Waals surface area contributed by atoms with Gasteiger partial charge in [-0.25, -0.2) is 0 Å². The molecule has 0 saturated carbocycles. The second kappa shape index (κ2) is 6.32. The molecule has 0 aromatic heterocycles. The van der Waals surface area contributed by atoms with E-state index in [1.807, 2.05) is 0 Å². The molecule has 3 heteroatoms. The van der Waals surface area contributed by atoms with Crippen molar-refractivity contribution in [1.82, 2.24) is 10.6 Å². The van der Waals surface area contributed by atoms with E-state index >= 15 is 0 Å². The second-order valence-electron chi connectivity index (χ2n) is 5.12. The third-order valence-electron chi connectivity index (χ3n) is 3.86. The van der Waals surface area contributed by atoms with E-state index in [9.17, 15) is 0 Å². The Morgan fingerprint density at radius 3 is 2.83 bits per heavy atom. The Kier molecular flexibility index (Phi) is 4.75. The van der Waals surface area contributed by atoms with Gasteiger partial charge >= 0.3 is 0 Å². The van der Waals surface area contributed by atoms with Gasteiger partial charge in [0, 0.05) is 26.2 Å². The van der Waals surface area contributed by atoms with Crippen LogP contribution in [0.4, 0.5) is 0 Å². The molecule has 1 aliphatic rings. The summed E-state index contributed by atoms with van der Waals surface area (Å²) >= 11 is 0. The number of nitrogens with one attached hydrogen (secondary N) is 2. The Morgan fingerprint density at radius 2 is 2.11 bits per heavy atom. The lowest BCUT2D eigenvalue weighted by Crippen LogP contribution is -2.43. The van der Waals surface area contributed by atoms with Crippen molar-refractivity contribution in [3.8, 4) is 0 Å². The van der Waals surface area contributed by atoms with Gasteiger partial charge in [0.1, 0.15) is 0 Å². The summed E-state index contributed by atoms with van der Waals surface area (Å²) in [7, 11) is 0. The van der Waals surface area contributed by atoms with Crippen molar-refractivity contribution >= 4 is 0 Å². The van der Waals surface area contributed by atoms with Gasteiger partial charge in [-0.05, 0) is 43.0 Å². The maximum Gasteiger partial charge on any atom is 0.0824 e. The van der Waals surface area contributed by atoms with Crippen LogP contribution in [0.25, 0.3) is 0 Å². The first-order chi connectivity index (χ1) is 8.68. The van der Waals surface area contributed by atoms with Crippen molar-refractivity contribution in [2.24, 2.45) is 0 Å². The number of rotatable bonds is 4. The Hall–Kier alpha value is -0.900. The summed E-state index contributed by atoms with van der Waals surface area (Å²) in [5.74, 6) is 0. The summed E-state index contributed by atoms with van der Waals surface area (Å²) in [6, 6.07) is 4.43. The normalized spacial score (nSPS) is 20.1. The minimum Gasteiger partial charge on any atom is -0.374 e. The first-order valence-electron chi connectivity index (χ1n) is 6.77. The lowest BCUT2D eigenvalue weighted by molar-refractivity contribution is 0.0290. The van der Waals surface area contributed by atoms with E-state index < -0.39 is 0 Å². The van der Waals surface area contributed by atoms with Crippen LogP contribution in [0.2, 0.25) is 0 Å². The first-order valence-corrected chi connectivity index (χ1v) is 6.77. The van der Waals surface area contributed by atoms with E-state index in [0.717, 1.165) is 32.8 Å². The number of morpholine rings is 1. The number of hydrogen-bond donors (Lipinski definition) is 2. The van der Waals surface area contributed by atoms with Crippen LogP contribution in [0.5, 0.6) is 0 Å². The molecular formula is C15H24N2O. The maximum absolute atomic E-state index is 5.66. The third-order valence-corrected chi connectivity index (χ3v) is 3.86. The van der Waals surface area contributed by atoms with Gasteiger partial charge in [-0.3, -0.25) is 0 Å². The van der Waals surface area contributed by atoms with Gasteiger partial charge in [0.25, 0.3) is 0 Å². The average molecular weight is 248 g/mol. The van der Waals surface area contributed by atoms with E-state index in [-0.39, 0.29) is 0 Å². The van der Waals surface area contributed by atoms with Gasteiger partial charge in [0.2, 0.25) is 0 Å². The summed E-state index contributed by atoms with van der Waals surface area (Å²) < 4.78 is 5.66. The monoisotopic (exact) mass is 248 g/mol. The highest BCUT2D eigenvalue weighted by Crippen LogP contribution is 2.16. The van der Waals surface area contributed by atoms with Gasteiger partial charge in [-0.15, -0.1) is 0 Å². The van der Waals surface area contributed by atoms with Gasteiger partial charge in [-0.1, -0.05) is 12.1 Å². The zero-order valence-corrected chi connectivity index (χ0v) is 11.7. The quantitative estimate of drug-likeness (QED) is 0.851. The fourth-order valence-corrected chi connectivity index (χ4v) is 2.32. The Balaban J connectivity index is 1.84. The minimum atomic E-state index is 0.311. The predicted molar refractivity (Wildman–Crippen MR) is 75.0 cm³/mol. The van der Waals surface area contributed by atoms with E-state index in [2.05, 4.69) is 43.5 Å². The molecule has 2 rings (SSSR count). The molecule has 1 atom stereocenters. The van der Waals surface area contributed by atoms with E-state index in [1.54, 1.807) is 0 Å². The van der Waals surface area contributed by atoms with Gasteiger partial charge in [0.15, 0.2) is 0 Å². The lowest BCUT2D eigenvalue weighted by Gasteiger charge is -2.24. The van der Waals surface area contributed by atoms with Crippen LogP contribution in [0, 0.1) is 20.8 Å². The molecule has 3 nitrogen and oxygen atoms in total. The van der Waals surface area contributed by atoms with Crippen molar-refractivity contribution in [3.05, 3.63) is 34.4 Å². The van der Waals surface area contributed by atoms with Gasteiger partial charge in [-0.2, -0.15) is 0 Å². The minimum absolute atomic E-state index is 0.311. The Labute approximate surface area is 110 Å². The highest BCUT2D eigenvalue weighted by Gasteiger charge is 2.12. The van der Waals surface area contributed by atoms with Crippen molar-refractivity contribution in [2.75, 3.05) is 26.2 Å². The fraction of sp³-hybridized carbons (Fsp3) is 0.600. The highest BCUT2D eigenvalue weighted by molar-refractivity contribution is 5.38. The third kappa shape index (κ3) is 3.31. The van der Waals surface area contributed by atoms with Crippen LogP contribution in [0.3, 0.4) is 0 Å². The topological polar surface area (TPSA) is 33.3 Å². The Morgan fingerprint density at radius 1 is 1.28 bits per heavy atom. The van der Waals surface area contributed by atoms with E-state index in [4.69, 9.17) is 4.74 Å². The molecule has 0 radical (unpaired) electrons. The number of aryl methyl sites for hydroxylation is 1. The maximum atomic E-state index is 5.66. The summed E-state index contributed by atoms with van der Waals surface area (Å²) in [6.07, 6.45) is 0.311. The molecule has 1 aromatic rings. The second-order valence-corrected chi connectivity index (χ2v) is 5.12. The van der Waals surface area contributed by atoms with Gasteiger partial charge < -0.3 is 15.4 Å². The largest absolute Gasteiger partial charge is 0.374 e. The summed E-state index contributed by atoms with van der Waals surface area (Å²) in [4.78, 5) is 0. The summed E-state index contributed by atoms with van der Waals surface area (Å²) in [6.45, 7) is 11.2. The fourth-order valence-electron chi connectivity index (χ4n) is 2.32. The van der Waals surface area contributed by atoms with Crippen LogP contribution >= 0.6 is 0 Å². The molecule has 0 spiro atoms. The van der Waals surface area contributed by atoms with Crippen LogP contribution in [0.1, 0.15) is 22.3 Å². The van der Waals surface area contributed by atoms with Crippen LogP contribution in [-0.4, -0.2) is 32.3 Å². The molecule has 0 amide bonds. The van der Waals surface area contributed by atoms with Crippen LogP contribution < -0.4 is 10.6 Å². The molecule has 0 bridgehead atoms. The first kappa shape index (κ1) is 13.5. The van der Waals surface area contributed by atoms with E-state index in [0.29, 0.717) is 6.10 Å². The van der Waals surface area contributed by atoms with Crippen molar-refractivity contribution in [3.63, 3.8) is 0 Å². The Bertz CT molecular complexity index is 398. The summed E-state index contributed by atoms with van der Waals surface area (Å²) in [5, 5.41) is 6.84. The highest BCUT2D eigenvalue weighted by atomic mass is 16.5. The SMILES string of the molecule is Cc1ccc(CNCC2CNCCO2)c(C)c1C. The molecule has 1 aliphatic heterocycles. The predicted octanol–water partition coefficient (Wildman–Crippen LogP) is 1.69. The van der Waals surface area contributed by atoms with E-state index in [1.165, 1.54) is 22.3 Å². The molecule has 1 fully saturated rings. The smallest absolute Gasteiger partial charge is 0.0824 e. The molecular weight excluding hydrogens is 224 g/mol. The molecule has 18 heavy (non-hydrogen) atoms. The average Bonchev–Trinajstić information content (AvgIpc) is 2.40. The molecule has 1 unspecified atom stereocenters. The number of benzene rings is 1. The van der Waals surface area contributed by atoms with Gasteiger partial charge in [0.05, 0.1) is 12.7 Å². The molecule has 1 saturated heterocycles. The number of ether oxygens (including phenoxy) is 1. The van der Waals surface area contributed by atoms with Crippen molar-refractivity contribution in [2.45, 2.75) is 33.4 Å². The molecule has 1 aromatic carbocycles. The van der Waals surface area contributed by atoms with Crippen molar-refractivity contribution in [1.29, 1.82) is 0 Å². The molecule has 0 aliphatic carbocycles. The summed E-state index contributed by atoms with van der Waals surface area (Å²) in [5.41, 5.74) is 5.58. The lowest BCUT2D eigenvalue weighted by atomic mass is 9.99. The molecule has 2 N–H and O–H groups in total. The number of hydrogen-bond acceptors (Lipinski definition) is 3. The zero-order chi connectivity index (χ0) is 13.0. The molecule has 100 valence electrons. The van der Waals surface area contributed by atoms with Crippen LogP contribution in [0.15, 0.2) is 12.1 Å².